The molecule has 0 spiro atoms. The standard InChI is InChI=1S/C25H17FN8O3/c26-17-7-15(21-10-20(24(35)36)31-33(21)12-14-3-1-13(11-27)2-4-14)8-22-23(17)30-32-34(22)16-5-6-18-19(9-16)29-25(37)28-18/h1-10,25,28-29,37H,12H2,(H,35,36). The Bertz CT molecular complexity index is 1740. The molecule has 3 heterocycles. The molecule has 37 heavy (non-hydrogen) atoms. The van der Waals surface area contributed by atoms with E-state index >= 15 is 4.39 Å². The molecule has 5 aromatic rings. The maximum atomic E-state index is 15.2. The van der Waals surface area contributed by atoms with Crippen molar-refractivity contribution >= 4 is 28.4 Å². The number of rotatable bonds is 5. The Morgan fingerprint density at radius 2 is 1.86 bits per heavy atom. The van der Waals surface area contributed by atoms with Gasteiger partial charge in [0.15, 0.2) is 11.5 Å². The van der Waals surface area contributed by atoms with Gasteiger partial charge in [0.2, 0.25) is 6.35 Å². The number of nitrogens with zero attached hydrogens (tertiary/aromatic N) is 6. The highest BCUT2D eigenvalue weighted by molar-refractivity contribution is 5.88. The highest BCUT2D eigenvalue weighted by Crippen LogP contribution is 2.33. The van der Waals surface area contributed by atoms with Crippen LogP contribution < -0.4 is 10.6 Å². The zero-order valence-corrected chi connectivity index (χ0v) is 18.9. The molecule has 0 amide bonds. The first-order valence-electron chi connectivity index (χ1n) is 11.1. The average molecular weight is 496 g/mol. The van der Waals surface area contributed by atoms with Gasteiger partial charge < -0.3 is 20.8 Å². The molecule has 1 aliphatic rings. The fourth-order valence-electron chi connectivity index (χ4n) is 4.29. The van der Waals surface area contributed by atoms with E-state index in [1.165, 1.54) is 21.5 Å². The van der Waals surface area contributed by atoms with Gasteiger partial charge in [-0.25, -0.2) is 13.9 Å². The smallest absolute Gasteiger partial charge is 0.356 e. The van der Waals surface area contributed by atoms with Crippen molar-refractivity contribution in [1.29, 1.82) is 5.26 Å². The summed E-state index contributed by atoms with van der Waals surface area (Å²) in [5, 5.41) is 46.4. The first kappa shape index (κ1) is 22.2. The van der Waals surface area contributed by atoms with E-state index in [4.69, 9.17) is 5.26 Å². The summed E-state index contributed by atoms with van der Waals surface area (Å²) in [6.45, 7) is 0.206. The van der Waals surface area contributed by atoms with Gasteiger partial charge >= 0.3 is 5.97 Å². The van der Waals surface area contributed by atoms with E-state index in [1.807, 2.05) is 0 Å². The number of aliphatic hydroxyl groups is 1. The molecule has 0 bridgehead atoms. The molecule has 6 rings (SSSR count). The zero-order valence-electron chi connectivity index (χ0n) is 18.9. The van der Waals surface area contributed by atoms with E-state index in [-0.39, 0.29) is 17.8 Å². The van der Waals surface area contributed by atoms with Crippen LogP contribution in [0.5, 0.6) is 0 Å². The summed E-state index contributed by atoms with van der Waals surface area (Å²) in [5.41, 5.74) is 4.22. The van der Waals surface area contributed by atoms with Crippen molar-refractivity contribution in [3.63, 3.8) is 0 Å². The number of carbonyl (C=O) groups is 1. The number of benzene rings is 3. The molecule has 11 nitrogen and oxygen atoms in total. The molecule has 182 valence electrons. The molecule has 0 saturated heterocycles. The van der Waals surface area contributed by atoms with Crippen LogP contribution in [0, 0.1) is 17.1 Å². The highest BCUT2D eigenvalue weighted by atomic mass is 19.1. The Kier molecular flexibility index (Phi) is 5.06. The van der Waals surface area contributed by atoms with E-state index in [1.54, 1.807) is 48.5 Å². The van der Waals surface area contributed by atoms with E-state index in [0.29, 0.717) is 39.4 Å². The number of nitrogens with one attached hydrogen (secondary N) is 2. The predicted molar refractivity (Wildman–Crippen MR) is 131 cm³/mol. The van der Waals surface area contributed by atoms with Crippen molar-refractivity contribution in [2.45, 2.75) is 12.9 Å². The Balaban J connectivity index is 1.45. The zero-order chi connectivity index (χ0) is 25.7. The van der Waals surface area contributed by atoms with Crippen molar-refractivity contribution in [2.75, 3.05) is 10.6 Å². The number of hydrogen-bond acceptors (Lipinski definition) is 8. The second-order valence-electron chi connectivity index (χ2n) is 8.43. The Hall–Kier alpha value is -5.28. The van der Waals surface area contributed by atoms with Gasteiger partial charge in [-0.2, -0.15) is 10.4 Å². The third-order valence-electron chi connectivity index (χ3n) is 6.05. The van der Waals surface area contributed by atoms with Gasteiger partial charge in [0.25, 0.3) is 0 Å². The van der Waals surface area contributed by atoms with Crippen LogP contribution in [0.4, 0.5) is 15.8 Å². The number of anilines is 2. The lowest BCUT2D eigenvalue weighted by atomic mass is 10.1. The van der Waals surface area contributed by atoms with E-state index < -0.39 is 18.1 Å². The van der Waals surface area contributed by atoms with Gasteiger partial charge in [0.05, 0.1) is 46.5 Å². The minimum Gasteiger partial charge on any atom is -0.476 e. The normalized spacial score (nSPS) is 14.1. The van der Waals surface area contributed by atoms with Gasteiger partial charge in [-0.3, -0.25) is 4.68 Å². The second kappa shape index (κ2) is 8.43. The van der Waals surface area contributed by atoms with Gasteiger partial charge in [0.1, 0.15) is 5.52 Å². The Labute approximate surface area is 208 Å². The van der Waals surface area contributed by atoms with Crippen LogP contribution in [-0.2, 0) is 6.54 Å². The van der Waals surface area contributed by atoms with Crippen molar-refractivity contribution in [2.24, 2.45) is 0 Å². The molecule has 0 saturated carbocycles. The molecule has 0 radical (unpaired) electrons. The molecule has 0 fully saturated rings. The first-order valence-corrected chi connectivity index (χ1v) is 11.1. The van der Waals surface area contributed by atoms with Crippen molar-refractivity contribution in [1.82, 2.24) is 24.8 Å². The highest BCUT2D eigenvalue weighted by Gasteiger charge is 2.21. The number of aromatic carboxylic acids is 1. The summed E-state index contributed by atoms with van der Waals surface area (Å²) < 4.78 is 18.1. The number of hydrogen-bond donors (Lipinski definition) is 4. The van der Waals surface area contributed by atoms with Gasteiger partial charge in [-0.05, 0) is 54.1 Å². The van der Waals surface area contributed by atoms with Crippen LogP contribution >= 0.6 is 0 Å². The van der Waals surface area contributed by atoms with Crippen molar-refractivity contribution in [3.8, 4) is 23.0 Å². The fourth-order valence-corrected chi connectivity index (χ4v) is 4.29. The molecule has 3 aromatic carbocycles. The monoisotopic (exact) mass is 496 g/mol. The third-order valence-corrected chi connectivity index (χ3v) is 6.05. The summed E-state index contributed by atoms with van der Waals surface area (Å²) in [4.78, 5) is 11.7. The van der Waals surface area contributed by atoms with Crippen LogP contribution in [0.1, 0.15) is 21.6 Å². The van der Waals surface area contributed by atoms with Gasteiger partial charge in [0, 0.05) is 5.56 Å². The van der Waals surface area contributed by atoms with E-state index in [0.717, 1.165) is 5.56 Å². The summed E-state index contributed by atoms with van der Waals surface area (Å²) in [6, 6.07) is 18.4. The molecule has 0 aliphatic carbocycles. The lowest BCUT2D eigenvalue weighted by molar-refractivity contribution is 0.0689. The van der Waals surface area contributed by atoms with Crippen LogP contribution in [-0.4, -0.2) is 47.3 Å². The minimum absolute atomic E-state index is 0.0481. The van der Waals surface area contributed by atoms with E-state index in [2.05, 4.69) is 32.1 Å². The van der Waals surface area contributed by atoms with Gasteiger partial charge in [-0.15, -0.1) is 5.10 Å². The van der Waals surface area contributed by atoms with Crippen LogP contribution in [0.3, 0.4) is 0 Å². The van der Waals surface area contributed by atoms with Crippen LogP contribution in [0.2, 0.25) is 0 Å². The van der Waals surface area contributed by atoms with Crippen molar-refractivity contribution < 1.29 is 19.4 Å². The van der Waals surface area contributed by atoms with Crippen LogP contribution in [0.25, 0.3) is 28.0 Å². The number of carboxylic acid groups (broad SMARTS) is 1. The second-order valence-corrected chi connectivity index (χ2v) is 8.43. The number of carboxylic acids is 1. The van der Waals surface area contributed by atoms with E-state index in [9.17, 15) is 15.0 Å². The molecular formula is C25H17FN8O3. The molecular weight excluding hydrogens is 479 g/mol. The first-order chi connectivity index (χ1) is 17.9. The predicted octanol–water partition coefficient (Wildman–Crippen LogP) is 3.15. The summed E-state index contributed by atoms with van der Waals surface area (Å²) >= 11 is 0. The summed E-state index contributed by atoms with van der Waals surface area (Å²) in [7, 11) is 0. The third kappa shape index (κ3) is 3.89. The molecule has 1 atom stereocenters. The molecule has 4 N–H and O–H groups in total. The number of aromatic nitrogens is 5. The Morgan fingerprint density at radius 1 is 1.08 bits per heavy atom. The van der Waals surface area contributed by atoms with Crippen molar-refractivity contribution in [3.05, 3.63) is 83.3 Å². The summed E-state index contributed by atoms with van der Waals surface area (Å²) in [6.07, 6.45) is -0.915. The molecule has 1 unspecified atom stereocenters. The molecule has 12 heteroatoms. The number of aliphatic hydroxyl groups excluding tert-OH is 1. The van der Waals surface area contributed by atoms with Crippen LogP contribution in [0.15, 0.2) is 60.7 Å². The molecule has 2 aromatic heterocycles. The maximum absolute atomic E-state index is 15.2. The minimum atomic E-state index is -1.21. The number of fused-ring (bicyclic) bond motifs is 2. The largest absolute Gasteiger partial charge is 0.476 e. The molecule has 1 aliphatic heterocycles. The quantitative estimate of drug-likeness (QED) is 0.287. The van der Waals surface area contributed by atoms with Gasteiger partial charge in [-0.1, -0.05) is 17.3 Å². The maximum Gasteiger partial charge on any atom is 0.356 e. The average Bonchev–Trinajstić information content (AvgIpc) is 3.60. The number of halogens is 1. The Morgan fingerprint density at radius 3 is 2.62 bits per heavy atom. The fraction of sp³-hybridized carbons (Fsp3) is 0.0800. The topological polar surface area (TPSA) is 154 Å². The SMILES string of the molecule is N#Cc1ccc(Cn2nc(C(=O)O)cc2-c2cc(F)c3nnn(-c4ccc5c(c4)NC(O)N5)c3c2)cc1. The lowest BCUT2D eigenvalue weighted by Gasteiger charge is -2.10. The summed E-state index contributed by atoms with van der Waals surface area (Å²) in [5.74, 6) is -1.84. The lowest BCUT2D eigenvalue weighted by Crippen LogP contribution is -2.20. The number of nitriles is 1.